The van der Waals surface area contributed by atoms with E-state index in [4.69, 9.17) is 4.74 Å². The molecule has 2 atom stereocenters. The van der Waals surface area contributed by atoms with Crippen LogP contribution in [0.2, 0.25) is 0 Å². The van der Waals surface area contributed by atoms with Crippen molar-refractivity contribution in [2.24, 2.45) is 5.92 Å². The maximum Gasteiger partial charge on any atom is 0.0833 e. The topological polar surface area (TPSA) is 29.5 Å². The van der Waals surface area contributed by atoms with Crippen LogP contribution in [0.15, 0.2) is 0 Å². The van der Waals surface area contributed by atoms with Crippen molar-refractivity contribution in [1.82, 2.24) is 0 Å². The van der Waals surface area contributed by atoms with Gasteiger partial charge in [0.1, 0.15) is 0 Å². The van der Waals surface area contributed by atoms with E-state index in [1.807, 2.05) is 0 Å². The van der Waals surface area contributed by atoms with Gasteiger partial charge in [-0.15, -0.1) is 0 Å². The van der Waals surface area contributed by atoms with Crippen molar-refractivity contribution >= 4 is 0 Å². The van der Waals surface area contributed by atoms with Crippen molar-refractivity contribution in [2.45, 2.75) is 63.6 Å². The summed E-state index contributed by atoms with van der Waals surface area (Å²) < 4.78 is 5.75. The van der Waals surface area contributed by atoms with E-state index in [9.17, 15) is 5.11 Å². The summed E-state index contributed by atoms with van der Waals surface area (Å²) in [5.41, 5.74) is 0. The molecule has 0 amide bonds. The van der Waals surface area contributed by atoms with Gasteiger partial charge in [0.2, 0.25) is 0 Å². The van der Waals surface area contributed by atoms with Gasteiger partial charge in [0, 0.05) is 6.61 Å². The predicted molar refractivity (Wildman–Crippen MR) is 56.2 cm³/mol. The number of rotatable bonds is 4. The average molecular weight is 198 g/mol. The van der Waals surface area contributed by atoms with Gasteiger partial charge >= 0.3 is 0 Å². The van der Waals surface area contributed by atoms with E-state index in [0.717, 1.165) is 25.4 Å². The van der Waals surface area contributed by atoms with Crippen LogP contribution in [0.1, 0.15) is 51.4 Å². The first kappa shape index (κ1) is 10.4. The molecular weight excluding hydrogens is 176 g/mol. The molecule has 2 nitrogen and oxygen atoms in total. The Morgan fingerprint density at radius 3 is 2.43 bits per heavy atom. The molecule has 0 heterocycles. The standard InChI is InChI=1S/C12H22O2/c13-11-6-1-2-7-12(11)14-9-8-10-4-3-5-10/h10-13H,1-9H2. The lowest BCUT2D eigenvalue weighted by molar-refractivity contribution is -0.0635. The van der Waals surface area contributed by atoms with E-state index < -0.39 is 0 Å². The second kappa shape index (κ2) is 5.13. The zero-order chi connectivity index (χ0) is 9.80. The monoisotopic (exact) mass is 198 g/mol. The Balaban J connectivity index is 1.58. The van der Waals surface area contributed by atoms with Gasteiger partial charge in [0.15, 0.2) is 0 Å². The van der Waals surface area contributed by atoms with Crippen LogP contribution in [0.25, 0.3) is 0 Å². The van der Waals surface area contributed by atoms with Crippen LogP contribution in [0.5, 0.6) is 0 Å². The van der Waals surface area contributed by atoms with Gasteiger partial charge in [0.25, 0.3) is 0 Å². The van der Waals surface area contributed by atoms with E-state index in [0.29, 0.717) is 0 Å². The summed E-state index contributed by atoms with van der Waals surface area (Å²) in [6.07, 6.45) is 9.77. The third-order valence-corrected chi connectivity index (χ3v) is 3.75. The lowest BCUT2D eigenvalue weighted by atomic mass is 9.83. The van der Waals surface area contributed by atoms with Crippen LogP contribution >= 0.6 is 0 Å². The fourth-order valence-electron chi connectivity index (χ4n) is 2.44. The molecule has 1 N–H and O–H groups in total. The molecule has 0 aliphatic heterocycles. The van der Waals surface area contributed by atoms with E-state index in [2.05, 4.69) is 0 Å². The summed E-state index contributed by atoms with van der Waals surface area (Å²) in [6.45, 7) is 0.867. The average Bonchev–Trinajstić information content (AvgIpc) is 2.12. The third kappa shape index (κ3) is 2.71. The van der Waals surface area contributed by atoms with Crippen LogP contribution in [0, 0.1) is 5.92 Å². The molecule has 82 valence electrons. The Hall–Kier alpha value is -0.0800. The van der Waals surface area contributed by atoms with Crippen LogP contribution in [-0.2, 0) is 4.74 Å². The highest BCUT2D eigenvalue weighted by Gasteiger charge is 2.24. The Morgan fingerprint density at radius 2 is 1.79 bits per heavy atom. The van der Waals surface area contributed by atoms with Crippen molar-refractivity contribution in [1.29, 1.82) is 0 Å². The molecule has 2 unspecified atom stereocenters. The normalized spacial score (nSPS) is 34.1. The molecule has 2 fully saturated rings. The molecule has 2 saturated carbocycles. The maximum atomic E-state index is 9.68. The molecule has 0 bridgehead atoms. The molecule has 0 spiro atoms. The van der Waals surface area contributed by atoms with Crippen molar-refractivity contribution in [2.75, 3.05) is 6.61 Å². The lowest BCUT2D eigenvalue weighted by Gasteiger charge is -2.30. The Morgan fingerprint density at radius 1 is 1.00 bits per heavy atom. The summed E-state index contributed by atoms with van der Waals surface area (Å²) in [5, 5.41) is 9.68. The van der Waals surface area contributed by atoms with Crippen LogP contribution in [0.4, 0.5) is 0 Å². The van der Waals surface area contributed by atoms with Gasteiger partial charge in [-0.3, -0.25) is 0 Å². The minimum atomic E-state index is -0.190. The molecular formula is C12H22O2. The van der Waals surface area contributed by atoms with Gasteiger partial charge in [-0.2, -0.15) is 0 Å². The predicted octanol–water partition coefficient (Wildman–Crippen LogP) is 2.50. The zero-order valence-electron chi connectivity index (χ0n) is 8.95. The van der Waals surface area contributed by atoms with Gasteiger partial charge in [0.05, 0.1) is 12.2 Å². The molecule has 0 saturated heterocycles. The number of hydrogen-bond donors (Lipinski definition) is 1. The molecule has 2 aliphatic rings. The molecule has 2 heteroatoms. The van der Waals surface area contributed by atoms with Crippen LogP contribution < -0.4 is 0 Å². The summed E-state index contributed by atoms with van der Waals surface area (Å²) in [4.78, 5) is 0. The molecule has 0 radical (unpaired) electrons. The summed E-state index contributed by atoms with van der Waals surface area (Å²) in [6, 6.07) is 0. The highest BCUT2D eigenvalue weighted by atomic mass is 16.5. The second-order valence-corrected chi connectivity index (χ2v) is 4.85. The Labute approximate surface area is 86.6 Å². The highest BCUT2D eigenvalue weighted by Crippen LogP contribution is 2.30. The van der Waals surface area contributed by atoms with E-state index >= 15 is 0 Å². The number of aliphatic hydroxyl groups is 1. The lowest BCUT2D eigenvalue weighted by Crippen LogP contribution is -2.33. The van der Waals surface area contributed by atoms with Crippen molar-refractivity contribution in [3.05, 3.63) is 0 Å². The van der Waals surface area contributed by atoms with Gasteiger partial charge < -0.3 is 9.84 Å². The van der Waals surface area contributed by atoms with Gasteiger partial charge in [-0.25, -0.2) is 0 Å². The molecule has 14 heavy (non-hydrogen) atoms. The first-order chi connectivity index (χ1) is 6.86. The smallest absolute Gasteiger partial charge is 0.0833 e. The van der Waals surface area contributed by atoms with Gasteiger partial charge in [-0.1, -0.05) is 32.1 Å². The minimum Gasteiger partial charge on any atom is -0.390 e. The number of ether oxygens (including phenoxy) is 1. The second-order valence-electron chi connectivity index (χ2n) is 4.85. The summed E-state index contributed by atoms with van der Waals surface area (Å²) in [7, 11) is 0. The zero-order valence-corrected chi connectivity index (χ0v) is 8.95. The molecule has 2 rings (SSSR count). The molecule has 0 aromatic rings. The fraction of sp³-hybridized carbons (Fsp3) is 1.00. The van der Waals surface area contributed by atoms with E-state index in [1.165, 1.54) is 38.5 Å². The van der Waals surface area contributed by atoms with Crippen molar-refractivity contribution < 1.29 is 9.84 Å². The largest absolute Gasteiger partial charge is 0.390 e. The first-order valence-corrected chi connectivity index (χ1v) is 6.16. The van der Waals surface area contributed by atoms with Crippen LogP contribution in [-0.4, -0.2) is 23.9 Å². The first-order valence-electron chi connectivity index (χ1n) is 6.16. The Bertz CT molecular complexity index is 166. The maximum absolute atomic E-state index is 9.68. The molecule has 0 aromatic heterocycles. The summed E-state index contributed by atoms with van der Waals surface area (Å²) in [5.74, 6) is 0.927. The minimum absolute atomic E-state index is 0.142. The Kier molecular flexibility index (Phi) is 3.82. The SMILES string of the molecule is OC1CCCCC1OCCC1CCC1. The van der Waals surface area contributed by atoms with Crippen molar-refractivity contribution in [3.63, 3.8) is 0 Å². The number of aliphatic hydroxyl groups excluding tert-OH is 1. The quantitative estimate of drug-likeness (QED) is 0.752. The third-order valence-electron chi connectivity index (χ3n) is 3.75. The fourth-order valence-corrected chi connectivity index (χ4v) is 2.44. The molecule has 2 aliphatic carbocycles. The van der Waals surface area contributed by atoms with E-state index in [1.54, 1.807) is 0 Å². The van der Waals surface area contributed by atoms with E-state index in [-0.39, 0.29) is 12.2 Å². The van der Waals surface area contributed by atoms with Crippen LogP contribution in [0.3, 0.4) is 0 Å². The summed E-state index contributed by atoms with van der Waals surface area (Å²) >= 11 is 0. The van der Waals surface area contributed by atoms with Gasteiger partial charge in [-0.05, 0) is 25.2 Å². The van der Waals surface area contributed by atoms with Crippen molar-refractivity contribution in [3.8, 4) is 0 Å². The highest BCUT2D eigenvalue weighted by molar-refractivity contribution is 4.75. The molecule has 0 aromatic carbocycles. The number of hydrogen-bond acceptors (Lipinski definition) is 2.